The van der Waals surface area contributed by atoms with Gasteiger partial charge in [-0.25, -0.2) is 4.98 Å². The van der Waals surface area contributed by atoms with Crippen molar-refractivity contribution in [2.45, 2.75) is 44.4 Å². The second-order valence-electron chi connectivity index (χ2n) is 7.61. The molecule has 3 atom stereocenters. The number of amides is 1. The minimum absolute atomic E-state index is 0.0873. The zero-order valence-electron chi connectivity index (χ0n) is 14.8. The van der Waals surface area contributed by atoms with E-state index in [2.05, 4.69) is 21.3 Å². The number of ether oxygens (including phenoxy) is 2. The number of nitrogens with one attached hydrogen (secondary N) is 1. The van der Waals surface area contributed by atoms with Crippen LogP contribution in [-0.2, 0) is 16.1 Å². The van der Waals surface area contributed by atoms with Gasteiger partial charge in [-0.3, -0.25) is 9.69 Å². The van der Waals surface area contributed by atoms with Gasteiger partial charge in [0.15, 0.2) is 0 Å². The van der Waals surface area contributed by atoms with Crippen LogP contribution in [0.4, 0.5) is 0 Å². The smallest absolute Gasteiger partial charge is 0.222 e. The number of likely N-dealkylation sites (tertiary alicyclic amines) is 1. The molecule has 2 saturated heterocycles. The standard InChI is InChI=1S/C19H27N3O3/c1-24-19-14(3-2-6-20-19)10-22-11-15-7-16(25-17(15)12-22)8-18(23)21-9-13-4-5-13/h2-3,6,13,15-17H,4-5,7-12H2,1H3,(H,21,23)/t15-,16-,17+/m0/s1. The van der Waals surface area contributed by atoms with Gasteiger partial charge in [-0.2, -0.15) is 0 Å². The van der Waals surface area contributed by atoms with Crippen molar-refractivity contribution in [1.82, 2.24) is 15.2 Å². The van der Waals surface area contributed by atoms with Crippen molar-refractivity contribution in [3.8, 4) is 5.88 Å². The molecule has 1 aliphatic carbocycles. The van der Waals surface area contributed by atoms with Gasteiger partial charge >= 0.3 is 0 Å². The van der Waals surface area contributed by atoms with Crippen LogP contribution in [0, 0.1) is 11.8 Å². The molecule has 0 aromatic carbocycles. The number of carbonyl (C=O) groups excluding carboxylic acids is 1. The summed E-state index contributed by atoms with van der Waals surface area (Å²) in [7, 11) is 1.66. The molecule has 1 aromatic rings. The lowest BCUT2D eigenvalue weighted by Gasteiger charge is -2.19. The van der Waals surface area contributed by atoms with Crippen LogP contribution in [0.2, 0.25) is 0 Å². The Labute approximate surface area is 148 Å². The molecule has 1 saturated carbocycles. The molecular formula is C19H27N3O3. The Kier molecular flexibility index (Phi) is 4.90. The van der Waals surface area contributed by atoms with Crippen LogP contribution in [0.15, 0.2) is 18.3 Å². The van der Waals surface area contributed by atoms with Gasteiger partial charge in [0.25, 0.3) is 0 Å². The van der Waals surface area contributed by atoms with Gasteiger partial charge in [0.1, 0.15) is 0 Å². The number of hydrogen-bond acceptors (Lipinski definition) is 5. The molecule has 1 aromatic heterocycles. The summed E-state index contributed by atoms with van der Waals surface area (Å²) in [5.41, 5.74) is 1.11. The van der Waals surface area contributed by atoms with Crippen molar-refractivity contribution in [2.24, 2.45) is 11.8 Å². The van der Waals surface area contributed by atoms with E-state index in [-0.39, 0.29) is 18.1 Å². The van der Waals surface area contributed by atoms with Crippen molar-refractivity contribution < 1.29 is 14.3 Å². The first-order valence-electron chi connectivity index (χ1n) is 9.33. The quantitative estimate of drug-likeness (QED) is 0.813. The second kappa shape index (κ2) is 7.30. The molecule has 3 fully saturated rings. The van der Waals surface area contributed by atoms with Crippen LogP contribution in [0.25, 0.3) is 0 Å². The number of methoxy groups -OCH3 is 1. The Morgan fingerprint density at radius 1 is 1.44 bits per heavy atom. The third kappa shape index (κ3) is 4.12. The van der Waals surface area contributed by atoms with Crippen molar-refractivity contribution in [2.75, 3.05) is 26.7 Å². The highest BCUT2D eigenvalue weighted by molar-refractivity contribution is 5.76. The molecule has 25 heavy (non-hydrogen) atoms. The highest BCUT2D eigenvalue weighted by Crippen LogP contribution is 2.35. The molecule has 0 bridgehead atoms. The van der Waals surface area contributed by atoms with Gasteiger partial charge in [-0.1, -0.05) is 6.07 Å². The molecule has 0 spiro atoms. The number of fused-ring (bicyclic) bond motifs is 1. The average molecular weight is 345 g/mol. The van der Waals surface area contributed by atoms with Gasteiger partial charge in [-0.05, 0) is 31.2 Å². The number of aromatic nitrogens is 1. The summed E-state index contributed by atoms with van der Waals surface area (Å²) < 4.78 is 11.5. The molecular weight excluding hydrogens is 318 g/mol. The predicted octanol–water partition coefficient (Wildman–Crippen LogP) is 1.60. The Hall–Kier alpha value is -1.66. The summed E-state index contributed by atoms with van der Waals surface area (Å²) in [5.74, 6) is 2.11. The molecule has 6 nitrogen and oxygen atoms in total. The summed E-state index contributed by atoms with van der Waals surface area (Å²) in [5, 5.41) is 3.04. The Morgan fingerprint density at radius 2 is 2.32 bits per heavy atom. The van der Waals surface area contributed by atoms with E-state index in [1.807, 2.05) is 6.07 Å². The maximum absolute atomic E-state index is 12.0. The van der Waals surface area contributed by atoms with Crippen molar-refractivity contribution in [3.63, 3.8) is 0 Å². The molecule has 3 aliphatic rings. The summed E-state index contributed by atoms with van der Waals surface area (Å²) in [6.45, 7) is 3.62. The SMILES string of the molecule is COc1ncccc1CN1C[C@@H]2C[C@@H](CC(=O)NCC3CC3)O[C@@H]2C1. The van der Waals surface area contributed by atoms with E-state index in [9.17, 15) is 4.79 Å². The molecule has 1 N–H and O–H groups in total. The first-order chi connectivity index (χ1) is 12.2. The highest BCUT2D eigenvalue weighted by Gasteiger charge is 2.42. The first kappa shape index (κ1) is 16.8. The molecule has 2 aliphatic heterocycles. The van der Waals surface area contributed by atoms with Crippen LogP contribution >= 0.6 is 0 Å². The fraction of sp³-hybridized carbons (Fsp3) is 0.684. The summed E-state index contributed by atoms with van der Waals surface area (Å²) >= 11 is 0. The third-order valence-corrected chi connectivity index (χ3v) is 5.52. The lowest BCUT2D eigenvalue weighted by molar-refractivity contribution is -0.123. The number of nitrogens with zero attached hydrogens (tertiary/aromatic N) is 2. The van der Waals surface area contributed by atoms with Gasteiger partial charge in [0, 0.05) is 43.9 Å². The van der Waals surface area contributed by atoms with E-state index in [1.165, 1.54) is 12.8 Å². The molecule has 6 heteroatoms. The van der Waals surface area contributed by atoms with Gasteiger partial charge in [0.05, 0.1) is 25.7 Å². The predicted molar refractivity (Wildman–Crippen MR) is 93.2 cm³/mol. The number of pyridine rings is 1. The lowest BCUT2D eigenvalue weighted by Crippen LogP contribution is -2.30. The normalized spacial score (nSPS) is 28.8. The van der Waals surface area contributed by atoms with Crippen LogP contribution < -0.4 is 10.1 Å². The minimum Gasteiger partial charge on any atom is -0.481 e. The maximum atomic E-state index is 12.0. The van der Waals surface area contributed by atoms with Gasteiger partial charge in [0.2, 0.25) is 11.8 Å². The largest absolute Gasteiger partial charge is 0.481 e. The van der Waals surface area contributed by atoms with E-state index in [0.717, 1.165) is 44.1 Å². The molecule has 4 rings (SSSR count). The third-order valence-electron chi connectivity index (χ3n) is 5.52. The minimum atomic E-state index is 0.0873. The number of hydrogen-bond donors (Lipinski definition) is 1. The van der Waals surface area contributed by atoms with Crippen LogP contribution in [-0.4, -0.2) is 54.7 Å². The molecule has 0 radical (unpaired) electrons. The lowest BCUT2D eigenvalue weighted by atomic mass is 10.0. The topological polar surface area (TPSA) is 63.7 Å². The summed E-state index contributed by atoms with van der Waals surface area (Å²) in [6, 6.07) is 4.01. The average Bonchev–Trinajstić information content (AvgIpc) is 3.26. The maximum Gasteiger partial charge on any atom is 0.222 e. The van der Waals surface area contributed by atoms with Crippen LogP contribution in [0.5, 0.6) is 5.88 Å². The zero-order valence-corrected chi connectivity index (χ0v) is 14.8. The van der Waals surface area contributed by atoms with Gasteiger partial charge in [-0.15, -0.1) is 0 Å². The zero-order chi connectivity index (χ0) is 17.2. The van der Waals surface area contributed by atoms with E-state index in [1.54, 1.807) is 13.3 Å². The van der Waals surface area contributed by atoms with E-state index >= 15 is 0 Å². The van der Waals surface area contributed by atoms with Crippen LogP contribution in [0.1, 0.15) is 31.2 Å². The fourth-order valence-electron chi connectivity index (χ4n) is 4.04. The fourth-order valence-corrected chi connectivity index (χ4v) is 4.04. The first-order valence-corrected chi connectivity index (χ1v) is 9.33. The molecule has 0 unspecified atom stereocenters. The molecule has 3 heterocycles. The van der Waals surface area contributed by atoms with Gasteiger partial charge < -0.3 is 14.8 Å². The summed E-state index contributed by atoms with van der Waals surface area (Å²) in [4.78, 5) is 18.7. The van der Waals surface area contributed by atoms with E-state index in [4.69, 9.17) is 9.47 Å². The van der Waals surface area contributed by atoms with E-state index in [0.29, 0.717) is 18.2 Å². The van der Waals surface area contributed by atoms with E-state index < -0.39 is 0 Å². The Bertz CT molecular complexity index is 606. The Morgan fingerprint density at radius 3 is 3.08 bits per heavy atom. The molecule has 136 valence electrons. The van der Waals surface area contributed by atoms with Crippen molar-refractivity contribution >= 4 is 5.91 Å². The Balaban J connectivity index is 1.24. The van der Waals surface area contributed by atoms with Crippen molar-refractivity contribution in [3.05, 3.63) is 23.9 Å². The molecule has 1 amide bonds. The highest BCUT2D eigenvalue weighted by atomic mass is 16.5. The van der Waals surface area contributed by atoms with Crippen molar-refractivity contribution in [1.29, 1.82) is 0 Å². The summed E-state index contributed by atoms with van der Waals surface area (Å²) in [6.07, 6.45) is 6.12. The second-order valence-corrected chi connectivity index (χ2v) is 7.61. The van der Waals surface area contributed by atoms with Crippen LogP contribution in [0.3, 0.4) is 0 Å². The monoisotopic (exact) mass is 345 g/mol. The number of carbonyl (C=O) groups is 1. The number of rotatable bonds is 7.